The van der Waals surface area contributed by atoms with E-state index in [2.05, 4.69) is 4.98 Å². The van der Waals surface area contributed by atoms with Crippen LogP contribution < -0.4 is 5.56 Å². The van der Waals surface area contributed by atoms with Gasteiger partial charge in [-0.1, -0.05) is 0 Å². The molecule has 0 aromatic carbocycles. The maximum Gasteiger partial charge on any atom is 0.253 e. The van der Waals surface area contributed by atoms with Gasteiger partial charge in [-0.2, -0.15) is 0 Å². The van der Waals surface area contributed by atoms with Crippen LogP contribution >= 0.6 is 0 Å². The molecule has 1 heterocycles. The lowest BCUT2D eigenvalue weighted by molar-refractivity contribution is -0.117. The molecule has 0 radical (unpaired) electrons. The average Bonchev–Trinajstić information content (AvgIpc) is 2.03. The molecular formula is C8H10N2O2. The molecule has 0 atom stereocenters. The Morgan fingerprint density at radius 3 is 3.00 bits per heavy atom. The summed E-state index contributed by atoms with van der Waals surface area (Å²) < 4.78 is 1.42. The fourth-order valence-corrected chi connectivity index (χ4v) is 0.824. The van der Waals surface area contributed by atoms with Gasteiger partial charge in [-0.25, -0.2) is 4.98 Å². The van der Waals surface area contributed by atoms with E-state index < -0.39 is 0 Å². The fraction of sp³-hybridized carbons (Fsp3) is 0.375. The first-order chi connectivity index (χ1) is 5.70. The third-order valence-corrected chi connectivity index (χ3v) is 1.50. The summed E-state index contributed by atoms with van der Waals surface area (Å²) in [4.78, 5) is 25.4. The summed E-state index contributed by atoms with van der Waals surface area (Å²) in [6, 6.07) is 1.38. The molecule has 0 saturated carbocycles. The second-order valence-electron chi connectivity index (χ2n) is 2.56. The van der Waals surface area contributed by atoms with Crippen LogP contribution in [0.4, 0.5) is 0 Å². The summed E-state index contributed by atoms with van der Waals surface area (Å²) in [6.45, 7) is 1.92. The Hall–Kier alpha value is -1.45. The van der Waals surface area contributed by atoms with Crippen LogP contribution in [0.5, 0.6) is 0 Å². The van der Waals surface area contributed by atoms with Gasteiger partial charge in [-0.15, -0.1) is 0 Å². The molecule has 1 aromatic heterocycles. The van der Waals surface area contributed by atoms with Gasteiger partial charge in [0.1, 0.15) is 5.78 Å². The van der Waals surface area contributed by atoms with Gasteiger partial charge >= 0.3 is 0 Å². The third-order valence-electron chi connectivity index (χ3n) is 1.50. The van der Waals surface area contributed by atoms with Gasteiger partial charge in [0.15, 0.2) is 0 Å². The molecule has 0 aliphatic carbocycles. The molecule has 64 valence electrons. The zero-order valence-electron chi connectivity index (χ0n) is 6.86. The lowest BCUT2D eigenvalue weighted by Crippen LogP contribution is -2.19. The number of hydrogen-bond donors (Lipinski definition) is 0. The van der Waals surface area contributed by atoms with E-state index in [0.29, 0.717) is 13.0 Å². The normalized spacial score (nSPS) is 9.75. The smallest absolute Gasteiger partial charge is 0.253 e. The van der Waals surface area contributed by atoms with Crippen LogP contribution in [0.3, 0.4) is 0 Å². The van der Waals surface area contributed by atoms with E-state index in [9.17, 15) is 9.59 Å². The predicted molar refractivity (Wildman–Crippen MR) is 43.8 cm³/mol. The van der Waals surface area contributed by atoms with E-state index in [1.807, 2.05) is 0 Å². The Balaban J connectivity index is 2.70. The fourth-order valence-electron chi connectivity index (χ4n) is 0.824. The molecule has 4 heteroatoms. The Morgan fingerprint density at radius 2 is 2.42 bits per heavy atom. The minimum atomic E-state index is -0.119. The van der Waals surface area contributed by atoms with Gasteiger partial charge in [-0.05, 0) is 6.92 Å². The van der Waals surface area contributed by atoms with Crippen LogP contribution in [0.25, 0.3) is 0 Å². The monoisotopic (exact) mass is 166 g/mol. The zero-order valence-corrected chi connectivity index (χ0v) is 6.86. The molecule has 0 bridgehead atoms. The third kappa shape index (κ3) is 2.30. The number of rotatable bonds is 3. The molecular weight excluding hydrogens is 156 g/mol. The lowest BCUT2D eigenvalue weighted by atomic mass is 10.3. The Bertz CT molecular complexity index is 330. The number of ketones is 1. The minimum absolute atomic E-state index is 0.0748. The molecule has 4 nitrogen and oxygen atoms in total. The van der Waals surface area contributed by atoms with Crippen LogP contribution in [-0.4, -0.2) is 15.3 Å². The molecule has 0 aliphatic heterocycles. The van der Waals surface area contributed by atoms with Crippen LogP contribution in [-0.2, 0) is 11.3 Å². The largest absolute Gasteiger partial charge is 0.300 e. The molecule has 0 amide bonds. The van der Waals surface area contributed by atoms with Crippen LogP contribution in [0, 0.1) is 0 Å². The van der Waals surface area contributed by atoms with Gasteiger partial charge in [-0.3, -0.25) is 14.2 Å². The summed E-state index contributed by atoms with van der Waals surface area (Å²) in [5.74, 6) is 0.0748. The second kappa shape index (κ2) is 3.80. The number of hydrogen-bond acceptors (Lipinski definition) is 3. The van der Waals surface area contributed by atoms with Crippen molar-refractivity contribution >= 4 is 5.78 Å². The van der Waals surface area contributed by atoms with E-state index in [0.717, 1.165) is 0 Å². The summed E-state index contributed by atoms with van der Waals surface area (Å²) in [5.41, 5.74) is -0.119. The second-order valence-corrected chi connectivity index (χ2v) is 2.56. The quantitative estimate of drug-likeness (QED) is 0.645. The highest BCUT2D eigenvalue weighted by Crippen LogP contribution is 1.86. The number of carbonyl (C=O) groups excluding carboxylic acids is 1. The van der Waals surface area contributed by atoms with Gasteiger partial charge in [0.05, 0.1) is 6.33 Å². The van der Waals surface area contributed by atoms with Crippen molar-refractivity contribution in [2.24, 2.45) is 0 Å². The first-order valence-corrected chi connectivity index (χ1v) is 3.70. The summed E-state index contributed by atoms with van der Waals surface area (Å²) >= 11 is 0. The van der Waals surface area contributed by atoms with Gasteiger partial charge in [0.2, 0.25) is 0 Å². The Morgan fingerprint density at radius 1 is 1.67 bits per heavy atom. The lowest BCUT2D eigenvalue weighted by Gasteiger charge is -2.00. The first-order valence-electron chi connectivity index (χ1n) is 3.70. The van der Waals surface area contributed by atoms with Crippen LogP contribution in [0.15, 0.2) is 23.4 Å². The number of nitrogens with zero attached hydrogens (tertiary/aromatic N) is 2. The van der Waals surface area contributed by atoms with Crippen LogP contribution in [0.2, 0.25) is 0 Å². The van der Waals surface area contributed by atoms with Gasteiger partial charge < -0.3 is 0 Å². The average molecular weight is 166 g/mol. The molecule has 0 saturated heterocycles. The van der Waals surface area contributed by atoms with Crippen molar-refractivity contribution in [1.29, 1.82) is 0 Å². The summed E-state index contributed by atoms with van der Waals surface area (Å²) in [5, 5.41) is 0. The number of aromatic nitrogens is 2. The van der Waals surface area contributed by atoms with Crippen molar-refractivity contribution in [1.82, 2.24) is 9.55 Å². The molecule has 0 unspecified atom stereocenters. The predicted octanol–water partition coefficient (Wildman–Crippen LogP) is 0.222. The standard InChI is InChI=1S/C8H10N2O2/c1-7(11)3-5-10-6-9-4-2-8(10)12/h2,4,6H,3,5H2,1H3. The zero-order chi connectivity index (χ0) is 8.97. The number of Topliss-reactive ketones (excluding diaryl/α,β-unsaturated/α-hetero) is 1. The van der Waals surface area contributed by atoms with Crippen molar-refractivity contribution in [3.8, 4) is 0 Å². The molecule has 0 fully saturated rings. The van der Waals surface area contributed by atoms with E-state index in [-0.39, 0.29) is 11.3 Å². The molecule has 0 spiro atoms. The van der Waals surface area contributed by atoms with Crippen molar-refractivity contribution < 1.29 is 4.79 Å². The van der Waals surface area contributed by atoms with Gasteiger partial charge in [0.25, 0.3) is 5.56 Å². The Labute approximate surface area is 69.9 Å². The maximum atomic E-state index is 11.0. The van der Waals surface area contributed by atoms with Crippen molar-refractivity contribution in [3.63, 3.8) is 0 Å². The van der Waals surface area contributed by atoms with E-state index in [1.54, 1.807) is 0 Å². The van der Waals surface area contributed by atoms with E-state index >= 15 is 0 Å². The molecule has 12 heavy (non-hydrogen) atoms. The SMILES string of the molecule is CC(=O)CCn1cnccc1=O. The Kier molecular flexibility index (Phi) is 2.74. The highest BCUT2D eigenvalue weighted by molar-refractivity contribution is 5.75. The van der Waals surface area contributed by atoms with Crippen molar-refractivity contribution in [2.75, 3.05) is 0 Å². The van der Waals surface area contributed by atoms with Crippen LogP contribution in [0.1, 0.15) is 13.3 Å². The molecule has 0 aliphatic rings. The van der Waals surface area contributed by atoms with Crippen molar-refractivity contribution in [3.05, 3.63) is 28.9 Å². The molecule has 1 aromatic rings. The minimum Gasteiger partial charge on any atom is -0.300 e. The highest BCUT2D eigenvalue weighted by Gasteiger charge is 1.96. The molecule has 1 rings (SSSR count). The molecule has 0 N–H and O–H groups in total. The highest BCUT2D eigenvalue weighted by atomic mass is 16.1. The summed E-state index contributed by atoms with van der Waals surface area (Å²) in [6.07, 6.45) is 3.25. The van der Waals surface area contributed by atoms with E-state index in [1.165, 1.54) is 30.1 Å². The van der Waals surface area contributed by atoms with Gasteiger partial charge in [0, 0.05) is 25.2 Å². The van der Waals surface area contributed by atoms with E-state index in [4.69, 9.17) is 0 Å². The first kappa shape index (κ1) is 8.64. The van der Waals surface area contributed by atoms with Crippen molar-refractivity contribution in [2.45, 2.75) is 19.9 Å². The maximum absolute atomic E-state index is 11.0. The topological polar surface area (TPSA) is 52.0 Å². The number of carbonyl (C=O) groups is 1. The number of aryl methyl sites for hydroxylation is 1. The summed E-state index contributed by atoms with van der Waals surface area (Å²) in [7, 11) is 0.